The van der Waals surface area contributed by atoms with Crippen LogP contribution in [0.4, 0.5) is 23.2 Å². The van der Waals surface area contributed by atoms with E-state index in [9.17, 15) is 27.2 Å². The fourth-order valence-electron chi connectivity index (χ4n) is 6.31. The number of ether oxygens (including phenoxy) is 11. The second kappa shape index (κ2) is 36.5. The number of benzene rings is 2. The van der Waals surface area contributed by atoms with Crippen molar-refractivity contribution in [3.8, 4) is 5.75 Å². The Morgan fingerprint density at radius 1 is 0.625 bits per heavy atom. The topological polar surface area (TPSA) is 190 Å². The van der Waals surface area contributed by atoms with Gasteiger partial charge in [0.1, 0.15) is 5.84 Å². The van der Waals surface area contributed by atoms with Gasteiger partial charge in [-0.1, -0.05) is 24.3 Å². The van der Waals surface area contributed by atoms with Gasteiger partial charge in [-0.3, -0.25) is 19.3 Å². The fourth-order valence-corrected chi connectivity index (χ4v) is 7.10. The first-order chi connectivity index (χ1) is 35.0. The van der Waals surface area contributed by atoms with Gasteiger partial charge in [0, 0.05) is 31.1 Å². The summed E-state index contributed by atoms with van der Waals surface area (Å²) in [5, 5.41) is 3.32. The van der Waals surface area contributed by atoms with Gasteiger partial charge >= 0.3 is 5.97 Å². The van der Waals surface area contributed by atoms with Crippen molar-refractivity contribution < 1.29 is 84.1 Å². The first-order valence-corrected chi connectivity index (χ1v) is 24.6. The van der Waals surface area contributed by atoms with Crippen LogP contribution in [0.2, 0.25) is 0 Å². The Labute approximate surface area is 422 Å². The van der Waals surface area contributed by atoms with Gasteiger partial charge < -0.3 is 57.8 Å². The van der Waals surface area contributed by atoms with Crippen LogP contribution in [-0.4, -0.2) is 180 Å². The number of hydrogen-bond donors (Lipinski definition) is 1. The standard InChI is InChI=1S/C49H68F4N4O14S/c1-3-70-57(49(59)39-32-43-42(9-31-72-43)55-44(54)33-39)36-38-6-4-37(5-7-38)35-56(2)10-12-61-14-16-63-18-20-65-22-24-67-26-28-69-30-29-68-27-25-66-23-21-64-19-17-62-15-13-60-11-8-45(58)71-48-46(52)40(50)34-41(51)47(48)53/h4-7,9,31-32,34H,3,8,10-30,33,35-36H2,1-2H3,(H2,54,55). The van der Waals surface area contributed by atoms with E-state index in [0.717, 1.165) is 34.8 Å². The van der Waals surface area contributed by atoms with Gasteiger partial charge in [0.2, 0.25) is 17.4 Å². The second-order valence-electron chi connectivity index (χ2n) is 15.6. The molecule has 3 aromatic rings. The first kappa shape index (κ1) is 60.1. The molecule has 0 unspecified atom stereocenters. The van der Waals surface area contributed by atoms with Crippen molar-refractivity contribution in [3.63, 3.8) is 0 Å². The van der Waals surface area contributed by atoms with Gasteiger partial charge in [-0.05, 0) is 42.6 Å². The van der Waals surface area contributed by atoms with Crippen molar-refractivity contribution in [3.05, 3.63) is 86.6 Å². The third-order valence-corrected chi connectivity index (χ3v) is 10.8. The molecular formula is C49H68F4N4O14S. The van der Waals surface area contributed by atoms with E-state index in [0.29, 0.717) is 137 Å². The molecule has 23 heteroatoms. The largest absolute Gasteiger partial charge is 0.420 e. The molecule has 0 atom stereocenters. The molecular weight excluding hydrogens is 977 g/mol. The maximum Gasteiger partial charge on any atom is 0.313 e. The molecule has 2 aromatic carbocycles. The number of nitrogens with two attached hydrogens (primary N) is 1. The zero-order chi connectivity index (χ0) is 51.6. The summed E-state index contributed by atoms with van der Waals surface area (Å²) in [6.07, 6.45) is 1.72. The van der Waals surface area contributed by atoms with Gasteiger partial charge in [0.15, 0.2) is 11.6 Å². The number of hydroxylamine groups is 2. The average molecular weight is 1050 g/mol. The monoisotopic (exact) mass is 1040 g/mol. The summed E-state index contributed by atoms with van der Waals surface area (Å²) in [6, 6.07) is 10.1. The van der Waals surface area contributed by atoms with Gasteiger partial charge in [-0.15, -0.1) is 11.3 Å². The van der Waals surface area contributed by atoms with Crippen LogP contribution < -0.4 is 10.5 Å². The zero-order valence-corrected chi connectivity index (χ0v) is 41.9. The molecule has 0 aliphatic carbocycles. The predicted molar refractivity (Wildman–Crippen MR) is 258 cm³/mol. The molecule has 0 saturated carbocycles. The molecule has 402 valence electrons. The number of amidine groups is 1. The highest BCUT2D eigenvalue weighted by Crippen LogP contribution is 2.32. The normalized spacial score (nSPS) is 12.5. The number of amides is 1. The van der Waals surface area contributed by atoms with Crippen LogP contribution in [-0.2, 0) is 74.9 Å². The Balaban J connectivity index is 0.833. The number of halogens is 4. The highest BCUT2D eigenvalue weighted by molar-refractivity contribution is 7.11. The number of rotatable bonds is 41. The Hall–Kier alpha value is -4.47. The van der Waals surface area contributed by atoms with E-state index in [2.05, 4.69) is 26.8 Å². The summed E-state index contributed by atoms with van der Waals surface area (Å²) in [5.74, 6) is -9.34. The van der Waals surface area contributed by atoms with Crippen LogP contribution in [0.5, 0.6) is 5.75 Å². The predicted octanol–water partition coefficient (Wildman–Crippen LogP) is 5.65. The lowest BCUT2D eigenvalue weighted by atomic mass is 10.1. The smallest absolute Gasteiger partial charge is 0.313 e. The molecule has 0 radical (unpaired) electrons. The van der Waals surface area contributed by atoms with Crippen LogP contribution >= 0.6 is 11.3 Å². The lowest BCUT2D eigenvalue weighted by Gasteiger charge is -2.23. The Morgan fingerprint density at radius 3 is 1.51 bits per heavy atom. The van der Waals surface area contributed by atoms with Gasteiger partial charge in [-0.2, -0.15) is 8.78 Å². The number of hydrogen-bond acceptors (Lipinski definition) is 18. The van der Waals surface area contributed by atoms with Crippen molar-refractivity contribution in [1.82, 2.24) is 9.96 Å². The summed E-state index contributed by atoms with van der Waals surface area (Å²) in [5.41, 5.74) is 9.52. The third-order valence-electron chi connectivity index (χ3n) is 9.91. The Kier molecular flexibility index (Phi) is 30.4. The molecule has 0 saturated heterocycles. The van der Waals surface area contributed by atoms with Crippen molar-refractivity contribution >= 4 is 40.8 Å². The Morgan fingerprint density at radius 2 is 1.06 bits per heavy atom. The van der Waals surface area contributed by atoms with Crippen LogP contribution in [0.3, 0.4) is 0 Å². The fraction of sp³-hybridized carbons (Fsp3) is 0.571. The van der Waals surface area contributed by atoms with Gasteiger partial charge in [-0.25, -0.2) is 18.8 Å². The minimum absolute atomic E-state index is 0.0174. The van der Waals surface area contributed by atoms with Gasteiger partial charge in [0.25, 0.3) is 5.91 Å². The lowest BCUT2D eigenvalue weighted by Crippen LogP contribution is -2.33. The van der Waals surface area contributed by atoms with E-state index in [4.69, 9.17) is 57.9 Å². The molecule has 18 nitrogen and oxygen atoms in total. The Bertz CT molecular complexity index is 2040. The molecule has 1 aromatic heterocycles. The number of thiophene rings is 1. The van der Waals surface area contributed by atoms with Crippen LogP contribution in [0.15, 0.2) is 52.3 Å². The third kappa shape index (κ3) is 24.5. The molecule has 0 bridgehead atoms. The second-order valence-corrected chi connectivity index (χ2v) is 16.5. The number of carbonyl (C=O) groups is 2. The molecule has 1 aliphatic rings. The van der Waals surface area contributed by atoms with Crippen LogP contribution in [0, 0.1) is 23.3 Å². The van der Waals surface area contributed by atoms with E-state index < -0.39 is 41.4 Å². The highest BCUT2D eigenvalue weighted by Gasteiger charge is 2.24. The number of aliphatic imine (C=N–C) groups is 1. The van der Waals surface area contributed by atoms with Crippen molar-refractivity contribution in [2.75, 3.05) is 152 Å². The molecule has 1 amide bonds. The summed E-state index contributed by atoms with van der Waals surface area (Å²) in [4.78, 5) is 38.5. The van der Waals surface area contributed by atoms with E-state index in [1.807, 2.05) is 43.6 Å². The molecule has 4 rings (SSSR count). The highest BCUT2D eigenvalue weighted by atomic mass is 32.1. The minimum Gasteiger partial charge on any atom is -0.420 e. The lowest BCUT2D eigenvalue weighted by molar-refractivity contribution is -0.184. The molecule has 0 spiro atoms. The first-order valence-electron chi connectivity index (χ1n) is 23.7. The molecule has 2 N–H and O–H groups in total. The maximum atomic E-state index is 13.6. The molecule has 72 heavy (non-hydrogen) atoms. The van der Waals surface area contributed by atoms with Crippen molar-refractivity contribution in [2.45, 2.75) is 32.9 Å². The summed E-state index contributed by atoms with van der Waals surface area (Å²) < 4.78 is 113. The average Bonchev–Trinajstić information content (AvgIpc) is 3.73. The minimum atomic E-state index is -1.80. The number of nitrogens with zero attached hydrogens (tertiary/aromatic N) is 3. The van der Waals surface area contributed by atoms with E-state index >= 15 is 0 Å². The molecule has 2 heterocycles. The van der Waals surface area contributed by atoms with Crippen LogP contribution in [0.1, 0.15) is 35.8 Å². The summed E-state index contributed by atoms with van der Waals surface area (Å²) >= 11 is 1.52. The molecule has 0 fully saturated rings. The summed E-state index contributed by atoms with van der Waals surface area (Å²) in [7, 11) is 2.04. The summed E-state index contributed by atoms with van der Waals surface area (Å²) in [6.45, 7) is 11.5. The van der Waals surface area contributed by atoms with E-state index in [1.54, 1.807) is 0 Å². The maximum absolute atomic E-state index is 13.6. The van der Waals surface area contributed by atoms with E-state index in [1.165, 1.54) is 16.4 Å². The van der Waals surface area contributed by atoms with Crippen LogP contribution in [0.25, 0.3) is 6.08 Å². The number of fused-ring (bicyclic) bond motifs is 1. The number of likely N-dealkylation sites (N-methyl/N-ethyl adjacent to an activating group) is 1. The van der Waals surface area contributed by atoms with E-state index in [-0.39, 0.29) is 38.2 Å². The van der Waals surface area contributed by atoms with Crippen molar-refractivity contribution in [1.29, 1.82) is 0 Å². The SMILES string of the molecule is CCON(Cc1ccc(CN(C)CCOCCOCCOCCOCCOCCOCCOCCOCCOCCOCCC(=O)Oc2c(F)c(F)cc(F)c2F)cc1)C(=O)C1=Cc2sccc2N=C(N)C1. The van der Waals surface area contributed by atoms with Crippen molar-refractivity contribution in [2.24, 2.45) is 10.7 Å². The zero-order valence-electron chi connectivity index (χ0n) is 41.1. The quantitative estimate of drug-likeness (QED) is 0.0183. The van der Waals surface area contributed by atoms with Gasteiger partial charge in [0.05, 0.1) is 162 Å². The molecule has 1 aliphatic heterocycles. The number of esters is 1. The number of carbonyl (C=O) groups excluding carboxylic acids is 2.